The number of piperidine rings is 1. The van der Waals surface area contributed by atoms with Crippen LogP contribution < -0.4 is 4.90 Å². The molecule has 2 N–H and O–H groups in total. The van der Waals surface area contributed by atoms with Crippen LogP contribution in [-0.2, 0) is 11.3 Å². The van der Waals surface area contributed by atoms with Gasteiger partial charge in [-0.2, -0.15) is 0 Å². The van der Waals surface area contributed by atoms with Gasteiger partial charge < -0.3 is 19.8 Å². The number of hydrogen-bond donors (Lipinski definition) is 2. The first-order chi connectivity index (χ1) is 12.3. The Morgan fingerprint density at radius 1 is 1.12 bits per heavy atom. The van der Waals surface area contributed by atoms with Crippen LogP contribution in [0.25, 0.3) is 0 Å². The van der Waals surface area contributed by atoms with E-state index in [1.54, 1.807) is 18.2 Å². The van der Waals surface area contributed by atoms with Crippen molar-refractivity contribution in [3.63, 3.8) is 0 Å². The van der Waals surface area contributed by atoms with E-state index in [2.05, 4.69) is 0 Å². The van der Waals surface area contributed by atoms with Crippen LogP contribution in [0, 0.1) is 11.7 Å². The summed E-state index contributed by atoms with van der Waals surface area (Å²) in [6, 6.07) is 5.17. The Kier molecular flexibility index (Phi) is 14.4. The summed E-state index contributed by atoms with van der Waals surface area (Å²) >= 11 is 0. The Labute approximate surface area is 152 Å². The number of nitrogens with zero attached hydrogens (tertiary/aromatic N) is 1. The third kappa shape index (κ3) is 8.17. The van der Waals surface area contributed by atoms with E-state index in [9.17, 15) is 4.39 Å². The van der Waals surface area contributed by atoms with Crippen molar-refractivity contribution in [1.82, 2.24) is 0 Å². The highest BCUT2D eigenvalue weighted by molar-refractivity contribution is 5.50. The molecular weight excluding hydrogens is 321 g/mol. The van der Waals surface area contributed by atoms with E-state index in [1.165, 1.54) is 0 Å². The van der Waals surface area contributed by atoms with Crippen molar-refractivity contribution in [2.24, 2.45) is 5.92 Å². The number of aliphatic hydroxyl groups is 2. The standard InChI is InChI=1S/C16H24FNO3.2C2H6/c17-16-14(11-20)3-1-4-15(16)18-7-5-13(6-8-18)12-21-10-2-9-19;2*1-2/h1,3-4,13,19-20H,2,5-12H2;2*1-2H3. The van der Waals surface area contributed by atoms with Crippen LogP contribution in [0.3, 0.4) is 0 Å². The van der Waals surface area contributed by atoms with Crippen molar-refractivity contribution in [3.05, 3.63) is 29.6 Å². The fourth-order valence-corrected chi connectivity index (χ4v) is 2.69. The van der Waals surface area contributed by atoms with Crippen LogP contribution >= 0.6 is 0 Å². The van der Waals surface area contributed by atoms with E-state index in [-0.39, 0.29) is 19.0 Å². The molecule has 0 spiro atoms. The lowest BCUT2D eigenvalue weighted by Gasteiger charge is -2.34. The average Bonchev–Trinajstić information content (AvgIpc) is 2.69. The second kappa shape index (κ2) is 15.1. The molecule has 5 heteroatoms. The quantitative estimate of drug-likeness (QED) is 0.725. The topological polar surface area (TPSA) is 52.9 Å². The lowest BCUT2D eigenvalue weighted by Crippen LogP contribution is -2.35. The maximum atomic E-state index is 14.2. The van der Waals surface area contributed by atoms with Crippen molar-refractivity contribution in [2.75, 3.05) is 37.8 Å². The minimum Gasteiger partial charge on any atom is -0.396 e. The highest BCUT2D eigenvalue weighted by Gasteiger charge is 2.22. The molecule has 0 atom stereocenters. The molecule has 0 radical (unpaired) electrons. The zero-order valence-electron chi connectivity index (χ0n) is 16.3. The van der Waals surface area contributed by atoms with Gasteiger partial charge in [0.25, 0.3) is 0 Å². The van der Waals surface area contributed by atoms with Crippen LogP contribution in [0.15, 0.2) is 18.2 Å². The molecule has 0 aliphatic carbocycles. The van der Waals surface area contributed by atoms with Crippen LogP contribution in [0.5, 0.6) is 0 Å². The van der Waals surface area contributed by atoms with Gasteiger partial charge in [-0.1, -0.05) is 39.8 Å². The zero-order valence-corrected chi connectivity index (χ0v) is 16.3. The fraction of sp³-hybridized carbons (Fsp3) is 0.700. The van der Waals surface area contributed by atoms with Gasteiger partial charge in [-0.3, -0.25) is 0 Å². The summed E-state index contributed by atoms with van der Waals surface area (Å²) in [5.74, 6) is 0.196. The van der Waals surface area contributed by atoms with Gasteiger partial charge in [0.15, 0.2) is 5.82 Å². The number of halogens is 1. The summed E-state index contributed by atoms with van der Waals surface area (Å²) in [6.45, 7) is 10.8. The fourth-order valence-electron chi connectivity index (χ4n) is 2.69. The largest absolute Gasteiger partial charge is 0.396 e. The molecule has 1 aliphatic heterocycles. The molecule has 1 fully saturated rings. The first-order valence-corrected chi connectivity index (χ1v) is 9.58. The summed E-state index contributed by atoms with van der Waals surface area (Å²) < 4.78 is 19.7. The predicted octanol–water partition coefficient (Wildman–Crippen LogP) is 3.99. The zero-order chi connectivity index (χ0) is 19.1. The Bertz CT molecular complexity index is 435. The molecule has 1 heterocycles. The summed E-state index contributed by atoms with van der Waals surface area (Å²) in [7, 11) is 0. The molecule has 1 aromatic rings. The van der Waals surface area contributed by atoms with Gasteiger partial charge in [0.2, 0.25) is 0 Å². The van der Waals surface area contributed by atoms with Crippen LogP contribution in [0.4, 0.5) is 10.1 Å². The third-order valence-corrected chi connectivity index (χ3v) is 3.98. The maximum absolute atomic E-state index is 14.2. The van der Waals surface area contributed by atoms with Crippen LogP contribution in [-0.4, -0.2) is 43.1 Å². The first kappa shape index (κ1) is 23.8. The van der Waals surface area contributed by atoms with Crippen molar-refractivity contribution < 1.29 is 19.3 Å². The third-order valence-electron chi connectivity index (χ3n) is 3.98. The van der Waals surface area contributed by atoms with E-state index in [0.29, 0.717) is 36.8 Å². The van der Waals surface area contributed by atoms with Crippen molar-refractivity contribution >= 4 is 5.69 Å². The lowest BCUT2D eigenvalue weighted by atomic mass is 9.97. The van der Waals surface area contributed by atoms with E-state index < -0.39 is 0 Å². The number of benzene rings is 1. The van der Waals surface area contributed by atoms with Gasteiger partial charge in [0, 0.05) is 38.5 Å². The number of aliphatic hydroxyl groups excluding tert-OH is 2. The SMILES string of the molecule is CC.CC.OCCCOCC1CCN(c2cccc(CO)c2F)CC1. The molecule has 2 rings (SSSR count). The highest BCUT2D eigenvalue weighted by Crippen LogP contribution is 2.27. The molecular formula is C20H36FNO3. The van der Waals surface area contributed by atoms with E-state index in [4.69, 9.17) is 14.9 Å². The smallest absolute Gasteiger partial charge is 0.151 e. The number of ether oxygens (including phenoxy) is 1. The molecule has 1 saturated heterocycles. The minimum absolute atomic E-state index is 0.166. The van der Waals surface area contributed by atoms with Crippen molar-refractivity contribution in [2.45, 2.75) is 53.6 Å². The Morgan fingerprint density at radius 2 is 1.76 bits per heavy atom. The first-order valence-electron chi connectivity index (χ1n) is 9.58. The van der Waals surface area contributed by atoms with Gasteiger partial charge in [0.1, 0.15) is 0 Å². The van der Waals surface area contributed by atoms with E-state index >= 15 is 0 Å². The molecule has 1 aliphatic rings. The summed E-state index contributed by atoms with van der Waals surface area (Å²) in [4.78, 5) is 2.04. The van der Waals surface area contributed by atoms with Crippen molar-refractivity contribution in [3.8, 4) is 0 Å². The molecule has 1 aromatic carbocycles. The molecule has 0 bridgehead atoms. The van der Waals surface area contributed by atoms with Gasteiger partial charge in [-0.05, 0) is 31.2 Å². The second-order valence-corrected chi connectivity index (χ2v) is 5.49. The van der Waals surface area contributed by atoms with Gasteiger partial charge in [0.05, 0.1) is 12.3 Å². The van der Waals surface area contributed by atoms with E-state index in [0.717, 1.165) is 25.9 Å². The number of hydrogen-bond acceptors (Lipinski definition) is 4. The Morgan fingerprint density at radius 3 is 2.32 bits per heavy atom. The molecule has 0 amide bonds. The Balaban J connectivity index is 0.00000134. The summed E-state index contributed by atoms with van der Waals surface area (Å²) in [5, 5.41) is 17.8. The Hall–Kier alpha value is -1.17. The van der Waals surface area contributed by atoms with Gasteiger partial charge in [-0.15, -0.1) is 0 Å². The summed E-state index contributed by atoms with van der Waals surface area (Å²) in [6.07, 6.45) is 2.63. The minimum atomic E-state index is -0.308. The summed E-state index contributed by atoms with van der Waals surface area (Å²) in [5.41, 5.74) is 0.933. The predicted molar refractivity (Wildman–Crippen MR) is 102 cm³/mol. The molecule has 4 nitrogen and oxygen atoms in total. The normalized spacial score (nSPS) is 14.3. The number of anilines is 1. The van der Waals surface area contributed by atoms with Crippen molar-refractivity contribution in [1.29, 1.82) is 0 Å². The van der Waals surface area contributed by atoms with Gasteiger partial charge in [-0.25, -0.2) is 4.39 Å². The van der Waals surface area contributed by atoms with Crippen LogP contribution in [0.2, 0.25) is 0 Å². The maximum Gasteiger partial charge on any atom is 0.151 e. The number of rotatable bonds is 7. The second-order valence-electron chi connectivity index (χ2n) is 5.49. The highest BCUT2D eigenvalue weighted by atomic mass is 19.1. The molecule has 146 valence electrons. The molecule has 0 aromatic heterocycles. The monoisotopic (exact) mass is 357 g/mol. The van der Waals surface area contributed by atoms with Gasteiger partial charge >= 0.3 is 0 Å². The molecule has 25 heavy (non-hydrogen) atoms. The average molecular weight is 358 g/mol. The van der Waals surface area contributed by atoms with Crippen LogP contribution in [0.1, 0.15) is 52.5 Å². The van der Waals surface area contributed by atoms with E-state index in [1.807, 2.05) is 32.6 Å². The molecule has 0 unspecified atom stereocenters. The molecule has 0 saturated carbocycles. The lowest BCUT2D eigenvalue weighted by molar-refractivity contribution is 0.0790.